The fourth-order valence-electron chi connectivity index (χ4n) is 0.695. The Morgan fingerprint density at radius 3 is 2.08 bits per heavy atom. The molecule has 0 spiro atoms. The Hall–Kier alpha value is -0.350. The summed E-state index contributed by atoms with van der Waals surface area (Å²) < 4.78 is 36.0. The van der Waals surface area contributed by atoms with Gasteiger partial charge in [-0.1, -0.05) is 23.4 Å². The minimum absolute atomic E-state index is 0.442. The third-order valence-electron chi connectivity index (χ3n) is 1.26. The molecule has 13 heavy (non-hydrogen) atoms. The zero-order chi connectivity index (χ0) is 9.84. The van der Waals surface area contributed by atoms with Crippen LogP contribution in [0.15, 0.2) is 29.2 Å². The molecule has 0 saturated carbocycles. The molecule has 0 nitrogen and oxygen atoms in total. The summed E-state index contributed by atoms with van der Waals surface area (Å²) in [5, 5.41) is 0.497. The minimum Gasteiger partial charge on any atom is -0.229 e. The predicted octanol–water partition coefficient (Wildman–Crippen LogP) is 3.99. The normalized spacial score (nSPS) is 13.3. The lowest BCUT2D eigenvalue weighted by atomic mass is 10.4. The van der Waals surface area contributed by atoms with Crippen molar-refractivity contribution in [2.45, 2.75) is 16.8 Å². The Kier molecular flexibility index (Phi) is 3.93. The molecule has 0 aliphatic rings. The van der Waals surface area contributed by atoms with E-state index in [1.165, 1.54) is 24.3 Å². The first-order valence-corrected chi connectivity index (χ1v) is 4.70. The molecule has 1 aromatic carbocycles. The lowest BCUT2D eigenvalue weighted by Crippen LogP contribution is -2.06. The van der Waals surface area contributed by atoms with Crippen molar-refractivity contribution in [2.24, 2.45) is 0 Å². The molecule has 1 rings (SSSR count). The van der Waals surface area contributed by atoms with Gasteiger partial charge in [0.05, 0.1) is 0 Å². The molecular formula is C8H6ClF3S. The van der Waals surface area contributed by atoms with Crippen LogP contribution in [0.1, 0.15) is 0 Å². The molecular weight excluding hydrogens is 221 g/mol. The number of halogens is 4. The molecule has 72 valence electrons. The number of alkyl halides is 3. The maximum absolute atomic E-state index is 12.5. The van der Waals surface area contributed by atoms with Gasteiger partial charge < -0.3 is 0 Å². The van der Waals surface area contributed by atoms with E-state index in [9.17, 15) is 13.2 Å². The molecule has 0 radical (unpaired) electrons. The molecule has 0 aromatic heterocycles. The molecule has 0 bridgehead atoms. The van der Waals surface area contributed by atoms with Crippen LogP contribution in [0, 0.1) is 0 Å². The van der Waals surface area contributed by atoms with Crippen LogP contribution in [0.5, 0.6) is 0 Å². The van der Waals surface area contributed by atoms with Gasteiger partial charge in [0.2, 0.25) is 5.50 Å². The second kappa shape index (κ2) is 4.77. The van der Waals surface area contributed by atoms with E-state index in [4.69, 9.17) is 11.6 Å². The topological polar surface area (TPSA) is 0 Å². The minimum atomic E-state index is -2.96. The van der Waals surface area contributed by atoms with Gasteiger partial charge in [0.1, 0.15) is 0 Å². The van der Waals surface area contributed by atoms with Gasteiger partial charge >= 0.3 is 0 Å². The summed E-state index contributed by atoms with van der Waals surface area (Å²) in [6.07, 6.45) is -2.96. The molecule has 0 heterocycles. The lowest BCUT2D eigenvalue weighted by Gasteiger charge is -2.05. The van der Waals surface area contributed by atoms with Gasteiger partial charge in [0.25, 0.3) is 6.43 Å². The smallest absolute Gasteiger partial charge is 0.229 e. The van der Waals surface area contributed by atoms with Crippen molar-refractivity contribution >= 4 is 23.4 Å². The maximum atomic E-state index is 12.5. The van der Waals surface area contributed by atoms with Crippen LogP contribution in [0.2, 0.25) is 5.02 Å². The van der Waals surface area contributed by atoms with Crippen molar-refractivity contribution in [1.29, 1.82) is 0 Å². The van der Waals surface area contributed by atoms with Crippen molar-refractivity contribution in [3.63, 3.8) is 0 Å². The van der Waals surface area contributed by atoms with Crippen LogP contribution in [0.3, 0.4) is 0 Å². The van der Waals surface area contributed by atoms with E-state index in [2.05, 4.69) is 0 Å². The van der Waals surface area contributed by atoms with E-state index >= 15 is 0 Å². The number of benzene rings is 1. The van der Waals surface area contributed by atoms with Crippen LogP contribution < -0.4 is 0 Å². The summed E-state index contributed by atoms with van der Waals surface area (Å²) >= 11 is 6.04. The van der Waals surface area contributed by atoms with E-state index in [-0.39, 0.29) is 0 Å². The standard InChI is InChI=1S/C8H6ClF3S/c9-5-1-3-6(4-2-5)13-8(12)7(10)11/h1-4,7-8H. The van der Waals surface area contributed by atoms with Crippen LogP contribution in [-0.2, 0) is 0 Å². The SMILES string of the molecule is FC(F)C(F)Sc1ccc(Cl)cc1. The predicted molar refractivity (Wildman–Crippen MR) is 48.2 cm³/mol. The first-order chi connectivity index (χ1) is 6.09. The van der Waals surface area contributed by atoms with Gasteiger partial charge in [-0.2, -0.15) is 0 Å². The van der Waals surface area contributed by atoms with Crippen LogP contribution >= 0.6 is 23.4 Å². The van der Waals surface area contributed by atoms with Gasteiger partial charge in [-0.25, -0.2) is 13.2 Å². The summed E-state index contributed by atoms with van der Waals surface area (Å²) in [4.78, 5) is 0.442. The number of rotatable bonds is 3. The van der Waals surface area contributed by atoms with Gasteiger partial charge in [-0.3, -0.25) is 0 Å². The van der Waals surface area contributed by atoms with Crippen molar-refractivity contribution in [3.8, 4) is 0 Å². The summed E-state index contributed by atoms with van der Waals surface area (Å²) in [5.41, 5.74) is -2.18. The monoisotopic (exact) mass is 226 g/mol. The van der Waals surface area contributed by atoms with Crippen molar-refractivity contribution in [2.75, 3.05) is 0 Å². The average Bonchev–Trinajstić information content (AvgIpc) is 2.08. The number of thioether (sulfide) groups is 1. The first kappa shape index (κ1) is 10.7. The van der Waals surface area contributed by atoms with Gasteiger partial charge in [-0.15, -0.1) is 0 Å². The number of hydrogen-bond acceptors (Lipinski definition) is 1. The summed E-state index contributed by atoms with van der Waals surface area (Å²) in [6.45, 7) is 0. The molecule has 1 atom stereocenters. The molecule has 1 unspecified atom stereocenters. The third-order valence-corrected chi connectivity index (χ3v) is 2.49. The zero-order valence-corrected chi connectivity index (χ0v) is 7.96. The van der Waals surface area contributed by atoms with E-state index in [1.807, 2.05) is 0 Å². The van der Waals surface area contributed by atoms with E-state index in [1.54, 1.807) is 0 Å². The van der Waals surface area contributed by atoms with E-state index < -0.39 is 11.9 Å². The van der Waals surface area contributed by atoms with Crippen molar-refractivity contribution < 1.29 is 13.2 Å². The average molecular weight is 227 g/mol. The summed E-state index contributed by atoms with van der Waals surface area (Å²) in [5.74, 6) is 0. The molecule has 0 aliphatic carbocycles. The maximum Gasteiger partial charge on any atom is 0.278 e. The second-order valence-corrected chi connectivity index (χ2v) is 3.85. The Morgan fingerprint density at radius 2 is 1.62 bits per heavy atom. The molecule has 0 amide bonds. The van der Waals surface area contributed by atoms with Crippen molar-refractivity contribution in [3.05, 3.63) is 29.3 Å². The largest absolute Gasteiger partial charge is 0.278 e. The Bertz CT molecular complexity index is 263. The lowest BCUT2D eigenvalue weighted by molar-refractivity contribution is 0.0953. The number of hydrogen-bond donors (Lipinski definition) is 0. The molecule has 0 fully saturated rings. The summed E-state index contributed by atoms with van der Waals surface area (Å²) in [6, 6.07) is 6.06. The Labute approximate surface area is 83.1 Å². The third kappa shape index (κ3) is 3.48. The summed E-state index contributed by atoms with van der Waals surface area (Å²) in [7, 11) is 0. The van der Waals surface area contributed by atoms with Gasteiger partial charge in [-0.05, 0) is 24.3 Å². The molecule has 0 N–H and O–H groups in total. The Balaban J connectivity index is 2.59. The highest BCUT2D eigenvalue weighted by Gasteiger charge is 2.19. The highest BCUT2D eigenvalue weighted by atomic mass is 35.5. The molecule has 0 saturated heterocycles. The molecule has 0 aliphatic heterocycles. The fraction of sp³-hybridized carbons (Fsp3) is 0.250. The second-order valence-electron chi connectivity index (χ2n) is 2.26. The van der Waals surface area contributed by atoms with E-state index in [0.29, 0.717) is 21.7 Å². The molecule has 1 aromatic rings. The quantitative estimate of drug-likeness (QED) is 0.703. The highest BCUT2D eigenvalue weighted by Crippen LogP contribution is 2.28. The van der Waals surface area contributed by atoms with Crippen molar-refractivity contribution in [1.82, 2.24) is 0 Å². The van der Waals surface area contributed by atoms with Crippen LogP contribution in [0.4, 0.5) is 13.2 Å². The van der Waals surface area contributed by atoms with Gasteiger partial charge in [0.15, 0.2) is 0 Å². The highest BCUT2D eigenvalue weighted by molar-refractivity contribution is 7.99. The fourth-order valence-corrected chi connectivity index (χ4v) is 1.48. The zero-order valence-electron chi connectivity index (χ0n) is 6.38. The van der Waals surface area contributed by atoms with E-state index in [0.717, 1.165) is 0 Å². The van der Waals surface area contributed by atoms with Gasteiger partial charge in [0, 0.05) is 9.92 Å². The van der Waals surface area contributed by atoms with Crippen LogP contribution in [0.25, 0.3) is 0 Å². The van der Waals surface area contributed by atoms with Crippen LogP contribution in [-0.4, -0.2) is 11.9 Å². The Morgan fingerprint density at radius 1 is 1.08 bits per heavy atom. The first-order valence-electron chi connectivity index (χ1n) is 3.44. The molecule has 5 heteroatoms.